The summed E-state index contributed by atoms with van der Waals surface area (Å²) in [7, 11) is 0. The Morgan fingerprint density at radius 2 is 2.33 bits per heavy atom. The fourth-order valence-corrected chi connectivity index (χ4v) is 0.455. The first-order chi connectivity index (χ1) is 2.77. The zero-order valence-corrected chi connectivity index (χ0v) is 4.66. The summed E-state index contributed by atoms with van der Waals surface area (Å²) in [4.78, 5) is 0. The monoisotopic (exact) mass is 106 g/mol. The minimum Gasteiger partial charge on any atom is -0.327 e. The van der Waals surface area contributed by atoms with Gasteiger partial charge in [0, 0.05) is 11.8 Å². The third-order valence-corrected chi connectivity index (χ3v) is 1.08. The molecule has 1 unspecified atom stereocenters. The summed E-state index contributed by atoms with van der Waals surface area (Å²) >= 11 is 1.28. The molecule has 0 aliphatic heterocycles. The highest BCUT2D eigenvalue weighted by atomic mass is 32.2. The molecule has 0 spiro atoms. The van der Waals surface area contributed by atoms with Gasteiger partial charge in [0.05, 0.1) is 0 Å². The lowest BCUT2D eigenvalue weighted by atomic mass is 10.4. The molecule has 0 saturated carbocycles. The molecule has 0 aliphatic carbocycles. The van der Waals surface area contributed by atoms with Crippen molar-refractivity contribution in [1.82, 2.24) is 0 Å². The van der Waals surface area contributed by atoms with Crippen LogP contribution in [0.5, 0.6) is 0 Å². The summed E-state index contributed by atoms with van der Waals surface area (Å²) < 4.78 is 0. The zero-order chi connectivity index (χ0) is 4.99. The molecule has 6 heavy (non-hydrogen) atoms. The van der Waals surface area contributed by atoms with Gasteiger partial charge in [0.25, 0.3) is 0 Å². The van der Waals surface area contributed by atoms with E-state index in [1.807, 2.05) is 6.92 Å². The summed E-state index contributed by atoms with van der Waals surface area (Å²) in [6, 6.07) is 0.236. The smallest absolute Gasteiger partial charge is 0.0226 e. The highest BCUT2D eigenvalue weighted by molar-refractivity contribution is 7.97. The van der Waals surface area contributed by atoms with Crippen LogP contribution in [0.4, 0.5) is 0 Å². The summed E-state index contributed by atoms with van der Waals surface area (Å²) in [6.45, 7) is 1.93. The first-order valence-electron chi connectivity index (χ1n) is 1.84. The van der Waals surface area contributed by atoms with Crippen molar-refractivity contribution in [3.05, 3.63) is 0 Å². The van der Waals surface area contributed by atoms with E-state index in [4.69, 9.17) is 10.9 Å². The summed E-state index contributed by atoms with van der Waals surface area (Å²) in [5.74, 6) is 0.847. The first-order valence-corrected chi connectivity index (χ1v) is 2.89. The van der Waals surface area contributed by atoms with E-state index in [0.717, 1.165) is 5.75 Å². The van der Waals surface area contributed by atoms with Gasteiger partial charge in [0.15, 0.2) is 0 Å². The van der Waals surface area contributed by atoms with Crippen LogP contribution in [0, 0.1) is 0 Å². The highest BCUT2D eigenvalue weighted by Gasteiger charge is 1.86. The van der Waals surface area contributed by atoms with E-state index in [9.17, 15) is 0 Å². The summed E-state index contributed by atoms with van der Waals surface area (Å²) in [6.07, 6.45) is 0. The average Bonchev–Trinajstić information content (AvgIpc) is 1.35. The molecule has 0 aromatic carbocycles. The Morgan fingerprint density at radius 1 is 1.83 bits per heavy atom. The molecular formula is C3H10N2S. The molecule has 0 heterocycles. The molecule has 0 radical (unpaired) electrons. The number of hydrogen-bond acceptors (Lipinski definition) is 3. The van der Waals surface area contributed by atoms with Crippen LogP contribution in [0.25, 0.3) is 0 Å². The van der Waals surface area contributed by atoms with Crippen LogP contribution < -0.4 is 10.9 Å². The second kappa shape index (κ2) is 3.46. The van der Waals surface area contributed by atoms with Gasteiger partial charge >= 0.3 is 0 Å². The molecule has 0 fully saturated rings. The van der Waals surface area contributed by atoms with E-state index >= 15 is 0 Å². The third-order valence-electron chi connectivity index (χ3n) is 0.359. The van der Waals surface area contributed by atoms with E-state index in [1.165, 1.54) is 11.9 Å². The molecule has 4 N–H and O–H groups in total. The maximum Gasteiger partial charge on any atom is 0.0226 e. The van der Waals surface area contributed by atoms with Crippen LogP contribution in [-0.2, 0) is 0 Å². The molecule has 0 aromatic rings. The van der Waals surface area contributed by atoms with Crippen molar-refractivity contribution in [2.45, 2.75) is 13.0 Å². The van der Waals surface area contributed by atoms with E-state index in [2.05, 4.69) is 0 Å². The van der Waals surface area contributed by atoms with Gasteiger partial charge in [-0.2, -0.15) is 0 Å². The predicted molar refractivity (Wildman–Crippen MR) is 30.3 cm³/mol. The molecule has 0 aliphatic rings. The Labute approximate surface area is 42.4 Å². The van der Waals surface area contributed by atoms with Crippen molar-refractivity contribution in [1.29, 1.82) is 0 Å². The van der Waals surface area contributed by atoms with Gasteiger partial charge in [-0.15, -0.1) is 0 Å². The SMILES string of the molecule is CC(N)CSN. The number of nitrogens with two attached hydrogens (primary N) is 2. The maximum absolute atomic E-state index is 5.30. The molecule has 0 amide bonds. The number of rotatable bonds is 2. The van der Waals surface area contributed by atoms with Gasteiger partial charge in [-0.3, -0.25) is 5.14 Å². The highest BCUT2D eigenvalue weighted by Crippen LogP contribution is 1.86. The van der Waals surface area contributed by atoms with Gasteiger partial charge in [-0.05, 0) is 6.92 Å². The van der Waals surface area contributed by atoms with Crippen LogP contribution in [0.1, 0.15) is 6.92 Å². The van der Waals surface area contributed by atoms with Crippen molar-refractivity contribution < 1.29 is 0 Å². The van der Waals surface area contributed by atoms with E-state index in [-0.39, 0.29) is 6.04 Å². The van der Waals surface area contributed by atoms with Gasteiger partial charge in [0.2, 0.25) is 0 Å². The van der Waals surface area contributed by atoms with E-state index in [1.54, 1.807) is 0 Å². The van der Waals surface area contributed by atoms with Crippen LogP contribution in [0.3, 0.4) is 0 Å². The predicted octanol–water partition coefficient (Wildman–Crippen LogP) is -0.0595. The molecule has 38 valence electrons. The van der Waals surface area contributed by atoms with Crippen LogP contribution in [0.2, 0.25) is 0 Å². The molecule has 0 saturated heterocycles. The fourth-order valence-electron chi connectivity index (χ4n) is 0.152. The Bertz CT molecular complexity index is 30.0. The largest absolute Gasteiger partial charge is 0.327 e. The Kier molecular flexibility index (Phi) is 3.62. The Balaban J connectivity index is 2.63. The lowest BCUT2D eigenvalue weighted by molar-refractivity contribution is 0.848. The van der Waals surface area contributed by atoms with Crippen molar-refractivity contribution >= 4 is 11.9 Å². The lowest BCUT2D eigenvalue weighted by Crippen LogP contribution is -2.18. The minimum absolute atomic E-state index is 0.236. The molecule has 1 atom stereocenters. The lowest BCUT2D eigenvalue weighted by Gasteiger charge is -1.96. The topological polar surface area (TPSA) is 52.0 Å². The molecule has 0 bridgehead atoms. The van der Waals surface area contributed by atoms with Gasteiger partial charge in [-0.25, -0.2) is 0 Å². The zero-order valence-electron chi connectivity index (χ0n) is 3.85. The minimum atomic E-state index is 0.236. The molecule has 0 rings (SSSR count). The van der Waals surface area contributed by atoms with E-state index < -0.39 is 0 Å². The van der Waals surface area contributed by atoms with Crippen molar-refractivity contribution in [2.75, 3.05) is 5.75 Å². The van der Waals surface area contributed by atoms with Crippen LogP contribution in [0.15, 0.2) is 0 Å². The van der Waals surface area contributed by atoms with Crippen molar-refractivity contribution in [2.24, 2.45) is 10.9 Å². The second-order valence-corrected chi connectivity index (χ2v) is 1.98. The molecule has 2 nitrogen and oxygen atoms in total. The van der Waals surface area contributed by atoms with Crippen molar-refractivity contribution in [3.8, 4) is 0 Å². The van der Waals surface area contributed by atoms with Gasteiger partial charge < -0.3 is 5.73 Å². The van der Waals surface area contributed by atoms with Crippen LogP contribution >= 0.6 is 11.9 Å². The van der Waals surface area contributed by atoms with Crippen LogP contribution in [-0.4, -0.2) is 11.8 Å². The molecule has 0 aromatic heterocycles. The summed E-state index contributed by atoms with van der Waals surface area (Å²) in [5, 5.41) is 5.07. The fraction of sp³-hybridized carbons (Fsp3) is 1.00. The third kappa shape index (κ3) is 4.27. The normalized spacial score (nSPS) is 14.5. The quantitative estimate of drug-likeness (QED) is 0.485. The maximum atomic E-state index is 5.30. The van der Waals surface area contributed by atoms with E-state index in [0.29, 0.717) is 0 Å². The number of hydrogen-bond donors (Lipinski definition) is 2. The van der Waals surface area contributed by atoms with Gasteiger partial charge in [0.1, 0.15) is 0 Å². The van der Waals surface area contributed by atoms with Gasteiger partial charge in [-0.1, -0.05) is 11.9 Å². The Hall–Kier alpha value is 0.270. The molecular weight excluding hydrogens is 96.1 g/mol. The Morgan fingerprint density at radius 3 is 2.33 bits per heavy atom. The second-order valence-electron chi connectivity index (χ2n) is 1.31. The standard InChI is InChI=1S/C3H10N2S/c1-3(4)2-6-5/h3H,2,4-5H2,1H3. The average molecular weight is 106 g/mol. The van der Waals surface area contributed by atoms with Crippen molar-refractivity contribution in [3.63, 3.8) is 0 Å². The first kappa shape index (κ1) is 6.27. The summed E-state index contributed by atoms with van der Waals surface area (Å²) in [5.41, 5.74) is 5.30. The molecule has 3 heteroatoms.